The summed E-state index contributed by atoms with van der Waals surface area (Å²) in [6.07, 6.45) is -0.695. The number of aliphatic imine (C=N–C) groups is 2. The highest BCUT2D eigenvalue weighted by Gasteiger charge is 2.45. The van der Waals surface area contributed by atoms with Crippen LogP contribution in [0.1, 0.15) is 28.3 Å². The maximum atomic E-state index is 13.7. The molecule has 3 aliphatic heterocycles. The smallest absolute Gasteiger partial charge is 0.433 e. The van der Waals surface area contributed by atoms with Crippen LogP contribution in [0.2, 0.25) is 0 Å². The van der Waals surface area contributed by atoms with Crippen LogP contribution in [0.3, 0.4) is 0 Å². The Labute approximate surface area is 209 Å². The van der Waals surface area contributed by atoms with E-state index < -0.39 is 53.1 Å². The van der Waals surface area contributed by atoms with E-state index in [1.54, 1.807) is 12.1 Å². The number of carbonyl (C=O) groups is 3. The molecule has 3 heterocycles. The molecular formula is C27H20F3N3O4. The predicted molar refractivity (Wildman–Crippen MR) is 129 cm³/mol. The van der Waals surface area contributed by atoms with E-state index >= 15 is 0 Å². The molecule has 3 amide bonds. The number of amides is 3. The van der Waals surface area contributed by atoms with Gasteiger partial charge < -0.3 is 10.1 Å². The maximum Gasteiger partial charge on any atom is 0.433 e. The predicted octanol–water partition coefficient (Wildman–Crippen LogP) is 4.48. The molecule has 1 N–H and O–H groups in total. The summed E-state index contributed by atoms with van der Waals surface area (Å²) in [6, 6.07) is 10.2. The Morgan fingerprint density at radius 3 is 2.16 bits per heavy atom. The minimum absolute atomic E-state index is 0.418. The molecule has 0 aromatic heterocycles. The molecule has 0 saturated heterocycles. The average Bonchev–Trinajstić information content (AvgIpc) is 2.83. The van der Waals surface area contributed by atoms with Gasteiger partial charge in [-0.25, -0.2) is 9.98 Å². The molecule has 2 aromatic carbocycles. The Bertz CT molecular complexity index is 1400. The number of rotatable bonds is 3. The van der Waals surface area contributed by atoms with Crippen molar-refractivity contribution in [2.24, 2.45) is 21.8 Å². The van der Waals surface area contributed by atoms with Crippen LogP contribution >= 0.6 is 0 Å². The second-order valence-electron chi connectivity index (χ2n) is 9.02. The number of alkyl halides is 3. The lowest BCUT2D eigenvalue weighted by Gasteiger charge is -2.31. The van der Waals surface area contributed by atoms with E-state index in [1.807, 2.05) is 38.1 Å². The fraction of sp³-hybridized carbons (Fsp3) is 0.222. The Balaban J connectivity index is 1.52. The number of dihydropyridines is 2. The first-order chi connectivity index (χ1) is 17.5. The number of nitrogens with one attached hydrogen (secondary N) is 1. The third-order valence-corrected chi connectivity index (χ3v) is 6.29. The lowest BCUT2D eigenvalue weighted by Crippen LogP contribution is -2.42. The average molecular weight is 507 g/mol. The fourth-order valence-electron chi connectivity index (χ4n) is 4.48. The lowest BCUT2D eigenvalue weighted by molar-refractivity contribution is -0.132. The molecule has 3 aliphatic rings. The van der Waals surface area contributed by atoms with Gasteiger partial charge in [0.25, 0.3) is 11.8 Å². The van der Waals surface area contributed by atoms with Crippen molar-refractivity contribution in [3.8, 4) is 11.5 Å². The van der Waals surface area contributed by atoms with Gasteiger partial charge in [-0.1, -0.05) is 36.4 Å². The number of nitrogens with zero attached hydrogens (tertiary/aromatic N) is 2. The summed E-state index contributed by atoms with van der Waals surface area (Å²) in [5, 5.41) is 2.81. The summed E-state index contributed by atoms with van der Waals surface area (Å²) in [7, 11) is 0. The molecule has 2 unspecified atom stereocenters. The van der Waals surface area contributed by atoms with Crippen LogP contribution in [-0.2, 0) is 14.4 Å². The van der Waals surface area contributed by atoms with Gasteiger partial charge in [-0.2, -0.15) is 13.2 Å². The Morgan fingerprint density at radius 1 is 1.00 bits per heavy atom. The Hall–Kier alpha value is -4.34. The topological polar surface area (TPSA) is 97.2 Å². The van der Waals surface area contributed by atoms with E-state index in [4.69, 9.17) is 4.74 Å². The monoisotopic (exact) mass is 507 g/mol. The largest absolute Gasteiger partial charge is 0.457 e. The van der Waals surface area contributed by atoms with E-state index in [9.17, 15) is 27.6 Å². The van der Waals surface area contributed by atoms with Crippen LogP contribution in [0.25, 0.3) is 0 Å². The first-order valence-electron chi connectivity index (χ1n) is 11.4. The van der Waals surface area contributed by atoms with Gasteiger partial charge >= 0.3 is 6.18 Å². The van der Waals surface area contributed by atoms with Gasteiger partial charge in [0.2, 0.25) is 5.91 Å². The van der Waals surface area contributed by atoms with Crippen LogP contribution in [-0.4, -0.2) is 35.8 Å². The van der Waals surface area contributed by atoms with Gasteiger partial charge in [0.1, 0.15) is 17.4 Å². The van der Waals surface area contributed by atoms with Gasteiger partial charge in [0, 0.05) is 29.3 Å². The SMILES string of the molecule is Cc1ccc2c(c1)Oc1cc(C)ccc1C2NC(=O)C1C=C(C2C=CC(=O)N=C2)C(C(F)(F)F)=NC1=O. The fourth-order valence-corrected chi connectivity index (χ4v) is 4.48. The number of hydrogen-bond acceptors (Lipinski definition) is 4. The van der Waals surface area contributed by atoms with Gasteiger partial charge in [0.05, 0.1) is 6.04 Å². The summed E-state index contributed by atoms with van der Waals surface area (Å²) in [4.78, 5) is 44.2. The van der Waals surface area contributed by atoms with Crippen molar-refractivity contribution < 1.29 is 32.3 Å². The highest BCUT2D eigenvalue weighted by Crippen LogP contribution is 2.44. The standard InChI is InChI=1S/C27H20F3N3O4/c1-13-3-6-16-20(9-13)37-21-10-14(2)4-7-17(21)23(16)32-25(35)19-11-18(15-5-8-22(34)31-12-15)24(27(28,29)30)33-26(19)36/h3-12,15,19,23H,1-2H3,(H,32,35). The number of carbonyl (C=O) groups excluding carboxylic acids is 3. The molecule has 0 bridgehead atoms. The summed E-state index contributed by atoms with van der Waals surface area (Å²) < 4.78 is 47.2. The van der Waals surface area contributed by atoms with Crippen molar-refractivity contribution in [2.75, 3.05) is 0 Å². The van der Waals surface area contributed by atoms with Crippen molar-refractivity contribution in [1.29, 1.82) is 0 Å². The summed E-state index contributed by atoms with van der Waals surface area (Å²) in [5.74, 6) is -4.29. The summed E-state index contributed by atoms with van der Waals surface area (Å²) in [5.41, 5.74) is 1.32. The van der Waals surface area contributed by atoms with E-state index in [-0.39, 0.29) is 0 Å². The van der Waals surface area contributed by atoms with Gasteiger partial charge in [-0.3, -0.25) is 14.4 Å². The summed E-state index contributed by atoms with van der Waals surface area (Å²) in [6.45, 7) is 3.78. The Kier molecular flexibility index (Phi) is 5.89. The van der Waals surface area contributed by atoms with E-state index in [1.165, 1.54) is 6.08 Å². The zero-order chi connectivity index (χ0) is 26.5. The van der Waals surface area contributed by atoms with Crippen molar-refractivity contribution in [2.45, 2.75) is 26.1 Å². The Morgan fingerprint density at radius 2 is 1.62 bits per heavy atom. The number of benzene rings is 2. The molecule has 10 heteroatoms. The first kappa shape index (κ1) is 24.4. The number of halogens is 3. The molecule has 0 spiro atoms. The molecule has 5 rings (SSSR count). The van der Waals surface area contributed by atoms with Crippen molar-refractivity contribution in [3.05, 3.63) is 82.5 Å². The zero-order valence-corrected chi connectivity index (χ0v) is 19.7. The number of fused-ring (bicyclic) bond motifs is 2. The normalized spacial score (nSPS) is 21.0. The molecule has 7 nitrogen and oxygen atoms in total. The molecule has 2 atom stereocenters. The maximum absolute atomic E-state index is 13.7. The van der Waals surface area contributed by atoms with Crippen LogP contribution in [0, 0.1) is 25.7 Å². The van der Waals surface area contributed by atoms with Crippen LogP contribution in [0.4, 0.5) is 13.2 Å². The van der Waals surface area contributed by atoms with Crippen LogP contribution in [0.5, 0.6) is 11.5 Å². The minimum Gasteiger partial charge on any atom is -0.457 e. The second kappa shape index (κ2) is 8.95. The molecule has 0 aliphatic carbocycles. The van der Waals surface area contributed by atoms with E-state index in [0.717, 1.165) is 29.5 Å². The van der Waals surface area contributed by atoms with Crippen molar-refractivity contribution in [1.82, 2.24) is 5.32 Å². The first-order valence-corrected chi connectivity index (χ1v) is 11.4. The number of allylic oxidation sites excluding steroid dienone is 2. The van der Waals surface area contributed by atoms with E-state index in [0.29, 0.717) is 22.6 Å². The van der Waals surface area contributed by atoms with Crippen molar-refractivity contribution >= 4 is 29.6 Å². The molecule has 37 heavy (non-hydrogen) atoms. The highest BCUT2D eigenvalue weighted by atomic mass is 19.4. The number of ether oxygens (including phenoxy) is 1. The molecule has 2 aromatic rings. The molecule has 0 radical (unpaired) electrons. The van der Waals surface area contributed by atoms with Gasteiger partial charge in [0.15, 0.2) is 5.71 Å². The third-order valence-electron chi connectivity index (χ3n) is 6.29. The highest BCUT2D eigenvalue weighted by molar-refractivity contribution is 6.19. The molecule has 0 saturated carbocycles. The number of aryl methyl sites for hydroxylation is 2. The van der Waals surface area contributed by atoms with E-state index in [2.05, 4.69) is 15.3 Å². The van der Waals surface area contributed by atoms with Gasteiger partial charge in [-0.05, 0) is 42.7 Å². The summed E-state index contributed by atoms with van der Waals surface area (Å²) >= 11 is 0. The lowest BCUT2D eigenvalue weighted by atomic mass is 9.87. The van der Waals surface area contributed by atoms with Crippen molar-refractivity contribution in [3.63, 3.8) is 0 Å². The minimum atomic E-state index is -4.94. The quantitative estimate of drug-likeness (QED) is 0.620. The number of hydrogen-bond donors (Lipinski definition) is 1. The molecular weight excluding hydrogens is 487 g/mol. The third kappa shape index (κ3) is 4.62. The van der Waals surface area contributed by atoms with Crippen LogP contribution < -0.4 is 10.1 Å². The van der Waals surface area contributed by atoms with Crippen LogP contribution in [0.15, 0.2) is 70.2 Å². The van der Waals surface area contributed by atoms with Gasteiger partial charge in [-0.15, -0.1) is 0 Å². The zero-order valence-electron chi connectivity index (χ0n) is 19.7. The second-order valence-corrected chi connectivity index (χ2v) is 9.02. The molecule has 0 fully saturated rings. The molecule has 188 valence electrons.